The summed E-state index contributed by atoms with van der Waals surface area (Å²) in [5, 5.41) is 8.84. The van der Waals surface area contributed by atoms with Crippen LogP contribution in [0.5, 0.6) is 0 Å². The number of nitrogens with zero attached hydrogens (tertiary/aromatic N) is 2. The lowest BCUT2D eigenvalue weighted by molar-refractivity contribution is -0.136. The van der Waals surface area contributed by atoms with Crippen LogP contribution in [-0.2, 0) is 18.3 Å². The van der Waals surface area contributed by atoms with E-state index in [9.17, 15) is 4.79 Å². The average molecular weight is 309 g/mol. The molecule has 0 aliphatic heterocycles. The number of carboxylic acids is 1. The predicted octanol–water partition coefficient (Wildman–Crippen LogP) is 2.79. The number of hydrogen-bond donors (Lipinski definition) is 1. The van der Waals surface area contributed by atoms with E-state index in [0.29, 0.717) is 5.69 Å². The Morgan fingerprint density at radius 2 is 2.00 bits per heavy atom. The van der Waals surface area contributed by atoms with Gasteiger partial charge in [-0.3, -0.25) is 4.79 Å². The summed E-state index contributed by atoms with van der Waals surface area (Å²) in [6, 6.07) is 7.79. The van der Waals surface area contributed by atoms with Gasteiger partial charge in [0.1, 0.15) is 5.82 Å². The maximum Gasteiger partial charge on any atom is 0.309 e. The van der Waals surface area contributed by atoms with Gasteiger partial charge in [-0.25, -0.2) is 4.98 Å². The molecular formula is C13H13BrN2O2. The van der Waals surface area contributed by atoms with E-state index in [1.54, 1.807) is 0 Å². The molecule has 4 nitrogen and oxygen atoms in total. The molecular weight excluding hydrogens is 296 g/mol. The maximum atomic E-state index is 10.8. The highest BCUT2D eigenvalue weighted by atomic mass is 79.9. The molecule has 0 saturated heterocycles. The molecule has 0 amide bonds. The SMILES string of the molecule is Cc1c(CC(=O)O)nc(-c2ccc(Br)cc2)n1C. The molecule has 1 aromatic carbocycles. The van der Waals surface area contributed by atoms with Crippen molar-refractivity contribution in [3.8, 4) is 11.4 Å². The van der Waals surface area contributed by atoms with E-state index in [1.807, 2.05) is 42.8 Å². The Kier molecular flexibility index (Phi) is 3.52. The number of rotatable bonds is 3. The third kappa shape index (κ3) is 2.46. The van der Waals surface area contributed by atoms with E-state index in [4.69, 9.17) is 5.11 Å². The van der Waals surface area contributed by atoms with Gasteiger partial charge in [0.25, 0.3) is 0 Å². The zero-order chi connectivity index (χ0) is 13.3. The van der Waals surface area contributed by atoms with Crippen molar-refractivity contribution in [3.05, 3.63) is 40.1 Å². The Bertz CT molecular complexity index is 588. The normalized spacial score (nSPS) is 10.6. The van der Waals surface area contributed by atoms with E-state index < -0.39 is 5.97 Å². The van der Waals surface area contributed by atoms with Crippen LogP contribution < -0.4 is 0 Å². The molecule has 0 radical (unpaired) electrons. The summed E-state index contributed by atoms with van der Waals surface area (Å²) >= 11 is 3.38. The van der Waals surface area contributed by atoms with Crippen molar-refractivity contribution >= 4 is 21.9 Å². The second kappa shape index (κ2) is 4.94. The zero-order valence-electron chi connectivity index (χ0n) is 10.1. The van der Waals surface area contributed by atoms with Crippen LogP contribution in [0.3, 0.4) is 0 Å². The molecule has 0 spiro atoms. The lowest BCUT2D eigenvalue weighted by atomic mass is 10.2. The van der Waals surface area contributed by atoms with Crippen LogP contribution in [-0.4, -0.2) is 20.6 Å². The van der Waals surface area contributed by atoms with Gasteiger partial charge in [-0.15, -0.1) is 0 Å². The van der Waals surface area contributed by atoms with Gasteiger partial charge < -0.3 is 9.67 Å². The number of carboxylic acid groups (broad SMARTS) is 1. The molecule has 0 atom stereocenters. The van der Waals surface area contributed by atoms with E-state index in [1.165, 1.54) is 0 Å². The van der Waals surface area contributed by atoms with Gasteiger partial charge in [0.05, 0.1) is 12.1 Å². The summed E-state index contributed by atoms with van der Waals surface area (Å²) in [4.78, 5) is 15.2. The van der Waals surface area contributed by atoms with E-state index >= 15 is 0 Å². The van der Waals surface area contributed by atoms with Crippen molar-refractivity contribution in [2.24, 2.45) is 7.05 Å². The van der Waals surface area contributed by atoms with Crippen molar-refractivity contribution in [1.82, 2.24) is 9.55 Å². The van der Waals surface area contributed by atoms with Crippen molar-refractivity contribution in [2.75, 3.05) is 0 Å². The molecule has 2 rings (SSSR count). The Balaban J connectivity index is 2.45. The number of carbonyl (C=O) groups is 1. The maximum absolute atomic E-state index is 10.8. The number of aliphatic carboxylic acids is 1. The smallest absolute Gasteiger partial charge is 0.309 e. The van der Waals surface area contributed by atoms with Crippen molar-refractivity contribution < 1.29 is 9.90 Å². The fourth-order valence-electron chi connectivity index (χ4n) is 1.80. The summed E-state index contributed by atoms with van der Waals surface area (Å²) in [6.07, 6.45) is -0.0454. The van der Waals surface area contributed by atoms with Crippen molar-refractivity contribution in [1.29, 1.82) is 0 Å². The summed E-state index contributed by atoms with van der Waals surface area (Å²) in [5.41, 5.74) is 2.47. The fourth-order valence-corrected chi connectivity index (χ4v) is 2.07. The Morgan fingerprint density at radius 1 is 1.39 bits per heavy atom. The standard InChI is InChI=1S/C13H13BrN2O2/c1-8-11(7-12(17)18)15-13(16(8)2)9-3-5-10(14)6-4-9/h3-6H,7H2,1-2H3,(H,17,18). The molecule has 0 saturated carbocycles. The Hall–Kier alpha value is -1.62. The lowest BCUT2D eigenvalue weighted by Crippen LogP contribution is -2.02. The summed E-state index contributed by atoms with van der Waals surface area (Å²) in [7, 11) is 1.89. The zero-order valence-corrected chi connectivity index (χ0v) is 11.7. The number of imidazole rings is 1. The summed E-state index contributed by atoms with van der Waals surface area (Å²) in [6.45, 7) is 1.88. The fraction of sp³-hybridized carbons (Fsp3) is 0.231. The lowest BCUT2D eigenvalue weighted by Gasteiger charge is -2.03. The summed E-state index contributed by atoms with van der Waals surface area (Å²) < 4.78 is 2.92. The second-order valence-corrected chi connectivity index (χ2v) is 5.02. The van der Waals surface area contributed by atoms with Gasteiger partial charge in [-0.1, -0.05) is 28.1 Å². The first-order valence-electron chi connectivity index (χ1n) is 5.49. The minimum Gasteiger partial charge on any atom is -0.481 e. The first kappa shape index (κ1) is 12.8. The monoisotopic (exact) mass is 308 g/mol. The van der Waals surface area contributed by atoms with E-state index in [0.717, 1.165) is 21.6 Å². The Morgan fingerprint density at radius 3 is 2.56 bits per heavy atom. The van der Waals surface area contributed by atoms with Crippen LogP contribution in [0.1, 0.15) is 11.4 Å². The van der Waals surface area contributed by atoms with Crippen LogP contribution in [0.4, 0.5) is 0 Å². The molecule has 0 aliphatic carbocycles. The van der Waals surface area contributed by atoms with Gasteiger partial charge in [0, 0.05) is 22.8 Å². The van der Waals surface area contributed by atoms with Crippen LogP contribution in [0, 0.1) is 6.92 Å². The number of hydrogen-bond acceptors (Lipinski definition) is 2. The molecule has 0 fully saturated rings. The molecule has 1 N–H and O–H groups in total. The number of aromatic nitrogens is 2. The first-order valence-corrected chi connectivity index (χ1v) is 6.28. The van der Waals surface area contributed by atoms with Crippen molar-refractivity contribution in [2.45, 2.75) is 13.3 Å². The van der Waals surface area contributed by atoms with Crippen molar-refractivity contribution in [3.63, 3.8) is 0 Å². The molecule has 94 valence electrons. The van der Waals surface area contributed by atoms with Gasteiger partial charge in [0.2, 0.25) is 0 Å². The van der Waals surface area contributed by atoms with E-state index in [-0.39, 0.29) is 6.42 Å². The molecule has 18 heavy (non-hydrogen) atoms. The third-order valence-electron chi connectivity index (χ3n) is 2.90. The highest BCUT2D eigenvalue weighted by molar-refractivity contribution is 9.10. The third-order valence-corrected chi connectivity index (χ3v) is 3.43. The van der Waals surface area contributed by atoms with Gasteiger partial charge in [-0.05, 0) is 19.1 Å². The summed E-state index contributed by atoms with van der Waals surface area (Å²) in [5.74, 6) is -0.0743. The highest BCUT2D eigenvalue weighted by Crippen LogP contribution is 2.23. The van der Waals surface area contributed by atoms with Crippen LogP contribution in [0.25, 0.3) is 11.4 Å². The molecule has 5 heteroatoms. The van der Waals surface area contributed by atoms with Crippen LogP contribution in [0.15, 0.2) is 28.7 Å². The highest BCUT2D eigenvalue weighted by Gasteiger charge is 2.14. The molecule has 2 aromatic rings. The van der Waals surface area contributed by atoms with Crippen LogP contribution >= 0.6 is 15.9 Å². The topological polar surface area (TPSA) is 55.1 Å². The Labute approximate surface area is 113 Å². The second-order valence-electron chi connectivity index (χ2n) is 4.10. The molecule has 0 unspecified atom stereocenters. The van der Waals surface area contributed by atoms with Gasteiger partial charge in [0.15, 0.2) is 0 Å². The van der Waals surface area contributed by atoms with Gasteiger partial charge >= 0.3 is 5.97 Å². The average Bonchev–Trinajstić information content (AvgIpc) is 2.58. The minimum absolute atomic E-state index is 0.0454. The molecule has 0 bridgehead atoms. The van der Waals surface area contributed by atoms with Gasteiger partial charge in [-0.2, -0.15) is 0 Å². The number of halogens is 1. The van der Waals surface area contributed by atoms with Crippen LogP contribution in [0.2, 0.25) is 0 Å². The van der Waals surface area contributed by atoms with E-state index in [2.05, 4.69) is 20.9 Å². The molecule has 1 aromatic heterocycles. The number of benzene rings is 1. The largest absolute Gasteiger partial charge is 0.481 e. The predicted molar refractivity (Wildman–Crippen MR) is 72.4 cm³/mol. The molecule has 0 aliphatic rings. The first-order chi connectivity index (χ1) is 8.49. The quantitative estimate of drug-likeness (QED) is 0.948. The molecule has 1 heterocycles. The minimum atomic E-state index is -0.862.